The van der Waals surface area contributed by atoms with Crippen LogP contribution in [0.5, 0.6) is 11.5 Å². The first kappa shape index (κ1) is 13.1. The van der Waals surface area contributed by atoms with Crippen LogP contribution in [0.3, 0.4) is 0 Å². The second kappa shape index (κ2) is 5.11. The van der Waals surface area contributed by atoms with Gasteiger partial charge in [-0.05, 0) is 24.3 Å². The van der Waals surface area contributed by atoms with Gasteiger partial charge in [-0.2, -0.15) is 0 Å². The van der Waals surface area contributed by atoms with Crippen molar-refractivity contribution in [2.45, 2.75) is 0 Å². The van der Waals surface area contributed by atoms with E-state index in [-0.39, 0.29) is 22.1 Å². The zero-order chi connectivity index (χ0) is 14.0. The van der Waals surface area contributed by atoms with E-state index in [0.29, 0.717) is 5.75 Å². The van der Waals surface area contributed by atoms with E-state index >= 15 is 0 Å². The predicted octanol–water partition coefficient (Wildman–Crippen LogP) is 3.76. The molecule has 98 valence electrons. The minimum atomic E-state index is -0.636. The maximum atomic E-state index is 12.7. The fraction of sp³-hybridized carbons (Fsp3) is 0. The van der Waals surface area contributed by atoms with Crippen molar-refractivity contribution in [3.63, 3.8) is 0 Å². The fourth-order valence-corrected chi connectivity index (χ4v) is 1.62. The van der Waals surface area contributed by atoms with Crippen LogP contribution >= 0.6 is 11.6 Å². The first-order valence-electron chi connectivity index (χ1n) is 5.14. The van der Waals surface area contributed by atoms with Crippen molar-refractivity contribution in [1.29, 1.82) is 0 Å². The topological polar surface area (TPSA) is 78.4 Å². The quantitative estimate of drug-likeness (QED) is 0.528. The summed E-state index contributed by atoms with van der Waals surface area (Å²) in [5.41, 5.74) is 5.17. The molecule has 0 amide bonds. The van der Waals surface area contributed by atoms with Crippen LogP contribution in [0.15, 0.2) is 36.4 Å². The van der Waals surface area contributed by atoms with E-state index in [9.17, 15) is 14.5 Å². The number of nitrogens with zero attached hydrogens (tertiary/aromatic N) is 1. The second-order valence-electron chi connectivity index (χ2n) is 3.65. The van der Waals surface area contributed by atoms with Gasteiger partial charge in [-0.25, -0.2) is 4.39 Å². The molecule has 2 N–H and O–H groups in total. The van der Waals surface area contributed by atoms with Crippen LogP contribution in [0.2, 0.25) is 5.02 Å². The lowest BCUT2D eigenvalue weighted by molar-refractivity contribution is -0.383. The number of nitrogens with two attached hydrogens (primary N) is 1. The molecular formula is C12H8ClFN2O3. The number of halogens is 2. The molecule has 2 rings (SSSR count). The van der Waals surface area contributed by atoms with Crippen LogP contribution < -0.4 is 10.5 Å². The van der Waals surface area contributed by atoms with Crippen LogP contribution in [-0.4, -0.2) is 4.92 Å². The van der Waals surface area contributed by atoms with Crippen LogP contribution in [0.4, 0.5) is 15.8 Å². The summed E-state index contributed by atoms with van der Waals surface area (Å²) in [5.74, 6) is 0.106. The largest absolute Gasteiger partial charge is 0.456 e. The molecule has 0 aliphatic heterocycles. The van der Waals surface area contributed by atoms with E-state index in [0.717, 1.165) is 6.07 Å². The molecule has 2 aromatic carbocycles. The Kier molecular flexibility index (Phi) is 3.52. The van der Waals surface area contributed by atoms with Gasteiger partial charge in [-0.3, -0.25) is 10.1 Å². The molecule has 0 spiro atoms. The lowest BCUT2D eigenvalue weighted by atomic mass is 10.2. The number of nitrogen functional groups attached to an aromatic ring is 1. The van der Waals surface area contributed by atoms with Crippen molar-refractivity contribution in [1.82, 2.24) is 0 Å². The number of hydrogen-bond acceptors (Lipinski definition) is 4. The van der Waals surface area contributed by atoms with Crippen molar-refractivity contribution >= 4 is 23.0 Å². The third kappa shape index (κ3) is 2.92. The maximum Gasteiger partial charge on any atom is 0.293 e. The van der Waals surface area contributed by atoms with Crippen molar-refractivity contribution < 1.29 is 14.1 Å². The smallest absolute Gasteiger partial charge is 0.293 e. The Balaban J connectivity index is 2.33. The molecule has 0 radical (unpaired) electrons. The summed E-state index contributed by atoms with van der Waals surface area (Å²) in [5, 5.41) is 10.7. The number of rotatable bonds is 3. The van der Waals surface area contributed by atoms with E-state index in [1.165, 1.54) is 30.3 Å². The van der Waals surface area contributed by atoms with Crippen LogP contribution in [0.1, 0.15) is 0 Å². The van der Waals surface area contributed by atoms with E-state index < -0.39 is 10.7 Å². The highest BCUT2D eigenvalue weighted by atomic mass is 35.5. The van der Waals surface area contributed by atoms with Gasteiger partial charge in [0.15, 0.2) is 0 Å². The van der Waals surface area contributed by atoms with Gasteiger partial charge in [-0.1, -0.05) is 11.6 Å². The molecule has 19 heavy (non-hydrogen) atoms. The number of hydrogen-bond donors (Lipinski definition) is 1. The predicted molar refractivity (Wildman–Crippen MR) is 69.0 cm³/mol. The van der Waals surface area contributed by atoms with Crippen LogP contribution in [-0.2, 0) is 0 Å². The number of nitro benzene ring substituents is 1. The molecule has 0 atom stereocenters. The van der Waals surface area contributed by atoms with Crippen LogP contribution in [0.25, 0.3) is 0 Å². The average Bonchev–Trinajstić information content (AvgIpc) is 2.35. The summed E-state index contributed by atoms with van der Waals surface area (Å²) in [4.78, 5) is 10.0. The van der Waals surface area contributed by atoms with E-state index in [4.69, 9.17) is 22.1 Å². The van der Waals surface area contributed by atoms with Gasteiger partial charge < -0.3 is 10.5 Å². The lowest BCUT2D eigenvalue weighted by Gasteiger charge is -2.08. The first-order valence-corrected chi connectivity index (χ1v) is 5.52. The van der Waals surface area contributed by atoms with Crippen LogP contribution in [0, 0.1) is 15.9 Å². The summed E-state index contributed by atoms with van der Waals surface area (Å²) in [6.07, 6.45) is 0. The van der Waals surface area contributed by atoms with Crippen molar-refractivity contribution in [2.24, 2.45) is 0 Å². The SMILES string of the molecule is Nc1cc(Oc2ccc(F)cc2)c(Cl)cc1[N+](=O)[O-]. The summed E-state index contributed by atoms with van der Waals surface area (Å²) >= 11 is 5.87. The molecule has 0 fully saturated rings. The molecule has 0 unspecified atom stereocenters. The standard InChI is InChI=1S/C12H8ClFN2O3/c13-9-5-11(16(17)18)10(15)6-12(9)19-8-3-1-7(14)2-4-8/h1-6H,15H2. The van der Waals surface area contributed by atoms with Gasteiger partial charge in [0.2, 0.25) is 0 Å². The van der Waals surface area contributed by atoms with Gasteiger partial charge in [0.25, 0.3) is 5.69 Å². The third-order valence-corrected chi connectivity index (χ3v) is 2.61. The summed E-state index contributed by atoms with van der Waals surface area (Å²) in [7, 11) is 0. The molecule has 0 bridgehead atoms. The minimum Gasteiger partial charge on any atom is -0.456 e. The number of anilines is 1. The fourth-order valence-electron chi connectivity index (χ4n) is 1.42. The highest BCUT2D eigenvalue weighted by molar-refractivity contribution is 6.32. The van der Waals surface area contributed by atoms with E-state index in [2.05, 4.69) is 0 Å². The zero-order valence-corrected chi connectivity index (χ0v) is 10.2. The molecule has 0 saturated heterocycles. The number of ether oxygens (including phenoxy) is 1. The van der Waals surface area contributed by atoms with Gasteiger partial charge in [0.1, 0.15) is 23.0 Å². The van der Waals surface area contributed by atoms with E-state index in [1.807, 2.05) is 0 Å². The Morgan fingerprint density at radius 3 is 2.47 bits per heavy atom. The Morgan fingerprint density at radius 2 is 1.89 bits per heavy atom. The van der Waals surface area contributed by atoms with Crippen molar-refractivity contribution in [3.05, 3.63) is 57.4 Å². The van der Waals surface area contributed by atoms with Gasteiger partial charge >= 0.3 is 0 Å². The van der Waals surface area contributed by atoms with Crippen molar-refractivity contribution in [2.75, 3.05) is 5.73 Å². The van der Waals surface area contributed by atoms with Gasteiger partial charge in [0.05, 0.1) is 9.95 Å². The average molecular weight is 283 g/mol. The molecule has 0 aromatic heterocycles. The minimum absolute atomic E-state index is 0.0465. The Hall–Kier alpha value is -2.34. The number of benzene rings is 2. The van der Waals surface area contributed by atoms with Crippen molar-refractivity contribution in [3.8, 4) is 11.5 Å². The summed E-state index contributed by atoms with van der Waals surface area (Å²) in [6, 6.07) is 7.61. The highest BCUT2D eigenvalue weighted by Crippen LogP contribution is 2.36. The van der Waals surface area contributed by atoms with Gasteiger partial charge in [-0.15, -0.1) is 0 Å². The maximum absolute atomic E-state index is 12.7. The molecule has 0 aliphatic carbocycles. The normalized spacial score (nSPS) is 10.2. The summed E-state index contributed by atoms with van der Waals surface area (Å²) in [6.45, 7) is 0. The molecule has 7 heteroatoms. The lowest BCUT2D eigenvalue weighted by Crippen LogP contribution is -1.97. The first-order chi connectivity index (χ1) is 8.97. The Bertz CT molecular complexity index is 632. The summed E-state index contributed by atoms with van der Waals surface area (Å²) < 4.78 is 18.1. The molecule has 0 heterocycles. The molecule has 2 aromatic rings. The zero-order valence-electron chi connectivity index (χ0n) is 9.47. The number of nitro groups is 1. The second-order valence-corrected chi connectivity index (χ2v) is 4.06. The van der Waals surface area contributed by atoms with E-state index in [1.54, 1.807) is 0 Å². The third-order valence-electron chi connectivity index (χ3n) is 2.32. The molecular weight excluding hydrogens is 275 g/mol. The molecule has 0 aliphatic rings. The van der Waals surface area contributed by atoms with Gasteiger partial charge in [0, 0.05) is 12.1 Å². The molecule has 0 saturated carbocycles. The highest BCUT2D eigenvalue weighted by Gasteiger charge is 2.16. The Labute approximate surface area is 112 Å². The monoisotopic (exact) mass is 282 g/mol. The molecule has 5 nitrogen and oxygen atoms in total. The Morgan fingerprint density at radius 1 is 1.26 bits per heavy atom.